The van der Waals surface area contributed by atoms with Crippen molar-refractivity contribution >= 4 is 82.4 Å². The quantitative estimate of drug-likeness (QED) is 0.103. The first-order valence-electron chi connectivity index (χ1n) is 16.6. The summed E-state index contributed by atoms with van der Waals surface area (Å²) in [6, 6.07) is 43.0. The number of nitrogens with zero attached hydrogens (tertiary/aromatic N) is 4. The Balaban J connectivity index is 1.28. The lowest BCUT2D eigenvalue weighted by Crippen LogP contribution is -2.58. The standard InChI is InChI=1S/C40H34N4O4Si2/c1-49(2)37-17-9-5-13-31(37)41(32-14-6-10-18-38(32)49)27-21-23-29(35(25-27)43(45)46)30-24-22-28(26-36(30)44(47)48)42-33-15-7-11-19-39(33)50(3,4)40-20-12-8-16-34(40)42/h5-26H,1-4H3. The van der Waals surface area contributed by atoms with Crippen molar-refractivity contribution < 1.29 is 9.85 Å². The van der Waals surface area contributed by atoms with Crippen molar-refractivity contribution in [1.29, 1.82) is 0 Å². The highest BCUT2D eigenvalue weighted by Crippen LogP contribution is 2.46. The van der Waals surface area contributed by atoms with E-state index in [1.165, 1.54) is 20.7 Å². The minimum Gasteiger partial charge on any atom is -0.310 e. The molecule has 0 N–H and O–H groups in total. The molecule has 2 aliphatic heterocycles. The molecule has 0 radical (unpaired) electrons. The van der Waals surface area contributed by atoms with E-state index < -0.39 is 26.0 Å². The predicted molar refractivity (Wildman–Crippen MR) is 208 cm³/mol. The fourth-order valence-corrected chi connectivity index (χ4v) is 13.9. The van der Waals surface area contributed by atoms with Gasteiger partial charge in [0.2, 0.25) is 0 Å². The van der Waals surface area contributed by atoms with Gasteiger partial charge < -0.3 is 9.80 Å². The number of nitro benzene ring substituents is 2. The van der Waals surface area contributed by atoms with Gasteiger partial charge in [-0.25, -0.2) is 0 Å². The first-order chi connectivity index (χ1) is 24.0. The van der Waals surface area contributed by atoms with Gasteiger partial charge in [-0.3, -0.25) is 20.2 Å². The van der Waals surface area contributed by atoms with Gasteiger partial charge in [-0.05, 0) is 69.3 Å². The zero-order valence-corrected chi connectivity index (χ0v) is 30.1. The third-order valence-electron chi connectivity index (χ3n) is 10.4. The second-order valence-electron chi connectivity index (χ2n) is 13.9. The topological polar surface area (TPSA) is 92.8 Å². The Hall–Kier alpha value is -5.85. The molecule has 10 heteroatoms. The highest BCUT2D eigenvalue weighted by atomic mass is 28.3. The van der Waals surface area contributed by atoms with Crippen molar-refractivity contribution in [2.45, 2.75) is 26.2 Å². The van der Waals surface area contributed by atoms with Gasteiger partial charge in [-0.15, -0.1) is 0 Å². The molecule has 246 valence electrons. The number of benzene rings is 6. The molecule has 0 atom stereocenters. The number of hydrogen-bond donors (Lipinski definition) is 0. The second kappa shape index (κ2) is 11.4. The van der Waals surface area contributed by atoms with Gasteiger partial charge in [0, 0.05) is 34.9 Å². The van der Waals surface area contributed by atoms with E-state index in [2.05, 4.69) is 84.5 Å². The Kier molecular flexibility index (Phi) is 7.14. The molecule has 8 rings (SSSR count). The van der Waals surface area contributed by atoms with Gasteiger partial charge in [0.15, 0.2) is 0 Å². The fraction of sp³-hybridized carbons (Fsp3) is 0.100. The van der Waals surface area contributed by atoms with Gasteiger partial charge in [-0.2, -0.15) is 0 Å². The number of fused-ring (bicyclic) bond motifs is 4. The van der Waals surface area contributed by atoms with Gasteiger partial charge in [0.05, 0.1) is 32.3 Å². The zero-order chi connectivity index (χ0) is 34.9. The predicted octanol–water partition coefficient (Wildman–Crippen LogP) is 8.38. The van der Waals surface area contributed by atoms with Crippen LogP contribution in [0.25, 0.3) is 11.1 Å². The summed E-state index contributed by atoms with van der Waals surface area (Å²) in [6.45, 7) is 9.28. The molecule has 0 unspecified atom stereocenters. The summed E-state index contributed by atoms with van der Waals surface area (Å²) in [5, 5.41) is 30.5. The summed E-state index contributed by atoms with van der Waals surface area (Å²) in [5.41, 5.74) is 5.21. The van der Waals surface area contributed by atoms with E-state index in [-0.39, 0.29) is 22.5 Å². The number of nitro groups is 2. The van der Waals surface area contributed by atoms with Crippen LogP contribution in [-0.4, -0.2) is 26.0 Å². The van der Waals surface area contributed by atoms with Gasteiger partial charge in [-0.1, -0.05) is 99.0 Å². The number of para-hydroxylation sites is 4. The van der Waals surface area contributed by atoms with E-state index in [1.54, 1.807) is 24.3 Å². The maximum Gasteiger partial charge on any atom is 0.279 e. The van der Waals surface area contributed by atoms with E-state index in [9.17, 15) is 20.2 Å². The average molecular weight is 691 g/mol. The van der Waals surface area contributed by atoms with Crippen LogP contribution in [0.4, 0.5) is 45.5 Å². The normalized spacial score (nSPS) is 15.0. The summed E-state index contributed by atoms with van der Waals surface area (Å²) < 4.78 is 0. The van der Waals surface area contributed by atoms with E-state index in [1.807, 2.05) is 60.7 Å². The maximum atomic E-state index is 12.8. The summed E-state index contributed by atoms with van der Waals surface area (Å²) in [7, 11) is -4.10. The Morgan fingerprint density at radius 2 is 0.720 bits per heavy atom. The molecule has 0 amide bonds. The lowest BCUT2D eigenvalue weighted by molar-refractivity contribution is -0.386. The smallest absolute Gasteiger partial charge is 0.279 e. The van der Waals surface area contributed by atoms with Crippen LogP contribution in [0.15, 0.2) is 133 Å². The van der Waals surface area contributed by atoms with Crippen LogP contribution >= 0.6 is 0 Å². The Labute approximate surface area is 292 Å². The summed E-state index contributed by atoms with van der Waals surface area (Å²) in [5.74, 6) is 0. The van der Waals surface area contributed by atoms with Crippen LogP contribution in [0.5, 0.6) is 0 Å². The molecule has 0 fully saturated rings. The summed E-state index contributed by atoms with van der Waals surface area (Å²) in [4.78, 5) is 28.8. The zero-order valence-electron chi connectivity index (χ0n) is 28.1. The van der Waals surface area contributed by atoms with Crippen LogP contribution in [-0.2, 0) is 0 Å². The monoisotopic (exact) mass is 690 g/mol. The number of rotatable bonds is 5. The molecular formula is C40H34N4O4Si2. The minimum absolute atomic E-state index is 0.193. The van der Waals surface area contributed by atoms with Gasteiger partial charge >= 0.3 is 0 Å². The van der Waals surface area contributed by atoms with E-state index >= 15 is 0 Å². The van der Waals surface area contributed by atoms with Crippen molar-refractivity contribution in [1.82, 2.24) is 0 Å². The summed E-state index contributed by atoms with van der Waals surface area (Å²) in [6.07, 6.45) is 0. The first-order valence-corrected chi connectivity index (χ1v) is 22.6. The van der Waals surface area contributed by atoms with Crippen molar-refractivity contribution in [3.05, 3.63) is 154 Å². The van der Waals surface area contributed by atoms with Crippen molar-refractivity contribution in [3.63, 3.8) is 0 Å². The van der Waals surface area contributed by atoms with Crippen molar-refractivity contribution in [2.24, 2.45) is 0 Å². The number of anilines is 6. The van der Waals surface area contributed by atoms with E-state index in [0.717, 1.165) is 22.7 Å². The average Bonchev–Trinajstić information content (AvgIpc) is 3.12. The summed E-state index contributed by atoms with van der Waals surface area (Å²) >= 11 is 0. The first kappa shape index (κ1) is 31.4. The van der Waals surface area contributed by atoms with Crippen molar-refractivity contribution in [3.8, 4) is 11.1 Å². The minimum atomic E-state index is -2.05. The lowest BCUT2D eigenvalue weighted by atomic mass is 9.99. The molecular weight excluding hydrogens is 657 g/mol. The van der Waals surface area contributed by atoms with Crippen molar-refractivity contribution in [2.75, 3.05) is 9.80 Å². The molecule has 6 aromatic carbocycles. The Bertz CT molecular complexity index is 2130. The second-order valence-corrected chi connectivity index (χ2v) is 22.6. The van der Waals surface area contributed by atoms with Gasteiger partial charge in [0.1, 0.15) is 16.1 Å². The van der Waals surface area contributed by atoms with Gasteiger partial charge in [0.25, 0.3) is 11.4 Å². The maximum absolute atomic E-state index is 12.8. The van der Waals surface area contributed by atoms with Crippen LogP contribution in [0.3, 0.4) is 0 Å². The molecule has 0 bridgehead atoms. The molecule has 0 saturated carbocycles. The van der Waals surface area contributed by atoms with Crippen LogP contribution in [0.1, 0.15) is 0 Å². The van der Waals surface area contributed by atoms with Crippen LogP contribution in [0, 0.1) is 20.2 Å². The largest absolute Gasteiger partial charge is 0.310 e. The molecule has 2 aliphatic rings. The highest BCUT2D eigenvalue weighted by molar-refractivity contribution is 7.03. The molecule has 0 aromatic heterocycles. The molecule has 8 nitrogen and oxygen atoms in total. The third kappa shape index (κ3) is 4.63. The Morgan fingerprint density at radius 1 is 0.440 bits per heavy atom. The van der Waals surface area contributed by atoms with Crippen LogP contribution < -0.4 is 30.5 Å². The molecule has 0 aliphatic carbocycles. The third-order valence-corrected chi connectivity index (χ3v) is 17.5. The molecule has 0 saturated heterocycles. The van der Waals surface area contributed by atoms with E-state index in [0.29, 0.717) is 11.4 Å². The fourth-order valence-electron chi connectivity index (χ4n) is 7.97. The molecule has 50 heavy (non-hydrogen) atoms. The number of hydrogen-bond acceptors (Lipinski definition) is 6. The molecule has 6 aromatic rings. The SMILES string of the molecule is C[Si]1(C)c2ccccc2N(c2ccc(-c3ccc(N4c5ccccc5[Si](C)(C)c5ccccc54)cc3[N+](=O)[O-])c([N+](=O)[O-])c2)c2ccccc21. The highest BCUT2D eigenvalue weighted by Gasteiger charge is 2.40. The molecule has 2 heterocycles. The van der Waals surface area contributed by atoms with Crippen LogP contribution in [0.2, 0.25) is 26.2 Å². The lowest BCUT2D eigenvalue weighted by Gasteiger charge is -2.41. The molecule has 0 spiro atoms. The van der Waals surface area contributed by atoms with E-state index in [4.69, 9.17) is 0 Å². The Morgan fingerprint density at radius 3 is 1.00 bits per heavy atom.